The minimum Gasteiger partial charge on any atom is -0.489 e. The zero-order chi connectivity index (χ0) is 26.3. The maximum Gasteiger partial charge on any atom is 0.269 e. The van der Waals surface area contributed by atoms with Gasteiger partial charge >= 0.3 is 0 Å². The van der Waals surface area contributed by atoms with Crippen molar-refractivity contribution in [3.63, 3.8) is 0 Å². The number of hydrazone groups is 1. The molecule has 3 aromatic carbocycles. The van der Waals surface area contributed by atoms with Gasteiger partial charge in [0, 0.05) is 12.1 Å². The van der Waals surface area contributed by atoms with Crippen molar-refractivity contribution in [3.05, 3.63) is 98.0 Å². The van der Waals surface area contributed by atoms with Gasteiger partial charge in [-0.15, -0.1) is 0 Å². The maximum atomic E-state index is 12.3. The fraction of sp³-hybridized carbons (Fsp3) is 0.130. The lowest BCUT2D eigenvalue weighted by atomic mass is 10.2. The van der Waals surface area contributed by atoms with Gasteiger partial charge in [0.15, 0.2) is 0 Å². The van der Waals surface area contributed by atoms with E-state index in [0.717, 1.165) is 16.1 Å². The van der Waals surface area contributed by atoms with E-state index >= 15 is 0 Å². The summed E-state index contributed by atoms with van der Waals surface area (Å²) in [5.41, 5.74) is 3.92. The third kappa shape index (κ3) is 7.67. The molecule has 0 unspecified atom stereocenters. The van der Waals surface area contributed by atoms with Gasteiger partial charge < -0.3 is 4.74 Å². The van der Waals surface area contributed by atoms with Crippen molar-refractivity contribution in [1.29, 1.82) is 0 Å². The number of nitro benzene ring substituents is 1. The van der Waals surface area contributed by atoms with E-state index in [9.17, 15) is 23.3 Å². The number of non-ortho nitro benzene ring substituents is 1. The Hall–Kier alpha value is -3.67. The number of nitrogens with one attached hydrogen (secondary N) is 1. The monoisotopic (exact) mass is 550 g/mol. The van der Waals surface area contributed by atoms with Crippen LogP contribution in [0.25, 0.3) is 0 Å². The Balaban J connectivity index is 1.54. The van der Waals surface area contributed by atoms with Crippen molar-refractivity contribution >= 4 is 56.7 Å². The molecular formula is C23H20Cl2N4O6S. The van der Waals surface area contributed by atoms with E-state index in [0.29, 0.717) is 11.3 Å². The second-order valence-corrected chi connectivity index (χ2v) is 10.2. The highest BCUT2D eigenvalue weighted by Crippen LogP contribution is 2.28. The van der Waals surface area contributed by atoms with E-state index < -0.39 is 27.4 Å². The Morgan fingerprint density at radius 1 is 1.08 bits per heavy atom. The van der Waals surface area contributed by atoms with Crippen LogP contribution in [0.3, 0.4) is 0 Å². The number of ether oxygens (including phenoxy) is 1. The summed E-state index contributed by atoms with van der Waals surface area (Å²) in [6, 6.07) is 17.1. The normalized spacial score (nSPS) is 11.3. The topological polar surface area (TPSA) is 131 Å². The molecule has 0 aliphatic rings. The first kappa shape index (κ1) is 26.9. The van der Waals surface area contributed by atoms with Gasteiger partial charge in [0.2, 0.25) is 10.0 Å². The van der Waals surface area contributed by atoms with Crippen LogP contribution in [0.4, 0.5) is 11.4 Å². The lowest BCUT2D eigenvalue weighted by Crippen LogP contribution is -2.39. The minimum atomic E-state index is -3.78. The number of amides is 1. The molecule has 0 radical (unpaired) electrons. The zero-order valence-corrected chi connectivity index (χ0v) is 21.1. The van der Waals surface area contributed by atoms with E-state index in [4.69, 9.17) is 27.9 Å². The number of hydrogen-bond donors (Lipinski definition) is 1. The first-order chi connectivity index (χ1) is 17.0. The maximum absolute atomic E-state index is 12.3. The first-order valence-corrected chi connectivity index (χ1v) is 12.8. The fourth-order valence-electron chi connectivity index (χ4n) is 2.92. The highest BCUT2D eigenvalue weighted by Gasteiger charge is 2.21. The van der Waals surface area contributed by atoms with Crippen LogP contribution in [-0.2, 0) is 21.4 Å². The summed E-state index contributed by atoms with van der Waals surface area (Å²) in [6.45, 7) is -0.277. The van der Waals surface area contributed by atoms with Crippen LogP contribution in [0.2, 0.25) is 10.0 Å². The first-order valence-electron chi connectivity index (χ1n) is 10.2. The molecule has 0 saturated carbocycles. The summed E-state index contributed by atoms with van der Waals surface area (Å²) < 4.78 is 30.9. The Kier molecular flexibility index (Phi) is 8.86. The molecule has 0 fully saturated rings. The van der Waals surface area contributed by atoms with E-state index in [-0.39, 0.29) is 28.0 Å². The number of rotatable bonds is 10. The van der Waals surface area contributed by atoms with Crippen molar-refractivity contribution < 1.29 is 22.9 Å². The third-order valence-electron chi connectivity index (χ3n) is 4.71. The molecule has 188 valence electrons. The number of sulfonamides is 1. The number of hydrogen-bond acceptors (Lipinski definition) is 7. The van der Waals surface area contributed by atoms with Crippen LogP contribution in [0.1, 0.15) is 11.1 Å². The Morgan fingerprint density at radius 3 is 2.33 bits per heavy atom. The summed E-state index contributed by atoms with van der Waals surface area (Å²) in [5.74, 6) is -0.0919. The van der Waals surface area contributed by atoms with Gasteiger partial charge in [-0.05, 0) is 65.7 Å². The number of nitrogens with zero attached hydrogens (tertiary/aromatic N) is 3. The smallest absolute Gasteiger partial charge is 0.269 e. The van der Waals surface area contributed by atoms with E-state index in [2.05, 4.69) is 10.5 Å². The Labute approximate surface area is 217 Å². The molecule has 13 heteroatoms. The van der Waals surface area contributed by atoms with Crippen LogP contribution >= 0.6 is 23.2 Å². The largest absolute Gasteiger partial charge is 0.489 e. The molecule has 1 N–H and O–H groups in total. The summed E-state index contributed by atoms with van der Waals surface area (Å²) >= 11 is 11.8. The number of carbonyl (C=O) groups excluding carboxylic acids is 1. The zero-order valence-electron chi connectivity index (χ0n) is 18.8. The quantitative estimate of drug-likeness (QED) is 0.226. The molecule has 3 rings (SSSR count). The number of nitro groups is 1. The molecule has 10 nitrogen and oxygen atoms in total. The summed E-state index contributed by atoms with van der Waals surface area (Å²) in [4.78, 5) is 22.5. The van der Waals surface area contributed by atoms with Gasteiger partial charge in [-0.3, -0.25) is 19.2 Å². The highest BCUT2D eigenvalue weighted by molar-refractivity contribution is 7.92. The third-order valence-corrected chi connectivity index (χ3v) is 6.59. The van der Waals surface area contributed by atoms with Crippen molar-refractivity contribution in [2.75, 3.05) is 17.1 Å². The minimum absolute atomic E-state index is 0.00730. The van der Waals surface area contributed by atoms with E-state index in [1.807, 2.05) is 0 Å². The SMILES string of the molecule is CS(=O)(=O)N(CC(=O)N/N=C\c1ccc(OCc2ccc([N+](=O)[O-])cc2)cc1)c1ccc(Cl)c(Cl)c1. The lowest BCUT2D eigenvalue weighted by molar-refractivity contribution is -0.384. The van der Waals surface area contributed by atoms with Crippen molar-refractivity contribution in [2.45, 2.75) is 6.61 Å². The number of benzene rings is 3. The standard InChI is InChI=1S/C23H20Cl2N4O6S/c1-36(33,34)28(19-8-11-21(24)22(25)12-19)14-23(30)27-26-13-16-4-9-20(10-5-16)35-15-17-2-6-18(7-3-17)29(31)32/h2-13H,14-15H2,1H3,(H,27,30)/b26-13-. The van der Waals surface area contributed by atoms with Gasteiger partial charge in [-0.2, -0.15) is 5.10 Å². The highest BCUT2D eigenvalue weighted by atomic mass is 35.5. The van der Waals surface area contributed by atoms with Crippen molar-refractivity contribution in [1.82, 2.24) is 5.43 Å². The predicted molar refractivity (Wildman–Crippen MR) is 138 cm³/mol. The van der Waals surface area contributed by atoms with Gasteiger partial charge in [0.1, 0.15) is 18.9 Å². The lowest BCUT2D eigenvalue weighted by Gasteiger charge is -2.21. The molecule has 0 aliphatic heterocycles. The number of halogens is 2. The molecule has 0 heterocycles. The van der Waals surface area contributed by atoms with E-state index in [1.165, 1.54) is 36.5 Å². The van der Waals surface area contributed by atoms with Crippen LogP contribution < -0.4 is 14.5 Å². The molecule has 1 amide bonds. The molecule has 3 aromatic rings. The molecular weight excluding hydrogens is 531 g/mol. The van der Waals surface area contributed by atoms with Crippen molar-refractivity contribution in [3.8, 4) is 5.75 Å². The molecule has 36 heavy (non-hydrogen) atoms. The van der Waals surface area contributed by atoms with Gasteiger partial charge in [-0.1, -0.05) is 23.2 Å². The average molecular weight is 551 g/mol. The van der Waals surface area contributed by atoms with Gasteiger partial charge in [-0.25, -0.2) is 13.8 Å². The molecule has 0 atom stereocenters. The molecule has 0 aliphatic carbocycles. The van der Waals surface area contributed by atoms with Gasteiger partial charge in [0.05, 0.1) is 33.1 Å². The van der Waals surface area contributed by atoms with Gasteiger partial charge in [0.25, 0.3) is 11.6 Å². The Bertz CT molecular complexity index is 1380. The summed E-state index contributed by atoms with van der Waals surface area (Å²) in [6.07, 6.45) is 2.36. The van der Waals surface area contributed by atoms with Crippen molar-refractivity contribution in [2.24, 2.45) is 5.10 Å². The fourth-order valence-corrected chi connectivity index (χ4v) is 4.06. The average Bonchev–Trinajstić information content (AvgIpc) is 2.83. The summed E-state index contributed by atoms with van der Waals surface area (Å²) in [7, 11) is -3.78. The van der Waals surface area contributed by atoms with E-state index in [1.54, 1.807) is 36.4 Å². The molecule has 0 saturated heterocycles. The molecule has 0 spiro atoms. The molecule has 0 aromatic heterocycles. The van der Waals surface area contributed by atoms with Crippen LogP contribution in [-0.4, -0.2) is 38.3 Å². The predicted octanol–water partition coefficient (Wildman–Crippen LogP) is 4.40. The number of anilines is 1. The Morgan fingerprint density at radius 2 is 1.75 bits per heavy atom. The second-order valence-electron chi connectivity index (χ2n) is 7.44. The second kappa shape index (κ2) is 11.8. The molecule has 0 bridgehead atoms. The van der Waals surface area contributed by atoms with Crippen LogP contribution in [0, 0.1) is 10.1 Å². The van der Waals surface area contributed by atoms with Crippen LogP contribution in [0.15, 0.2) is 71.8 Å². The number of carbonyl (C=O) groups is 1. The van der Waals surface area contributed by atoms with Crippen LogP contribution in [0.5, 0.6) is 5.75 Å². The summed E-state index contributed by atoms with van der Waals surface area (Å²) in [5, 5.41) is 15.0.